The highest BCUT2D eigenvalue weighted by molar-refractivity contribution is 7.92. The predicted molar refractivity (Wildman–Crippen MR) is 128 cm³/mol. The van der Waals surface area contributed by atoms with E-state index >= 15 is 0 Å². The summed E-state index contributed by atoms with van der Waals surface area (Å²) in [5.74, 6) is -1.29. The zero-order valence-corrected chi connectivity index (χ0v) is 20.4. The molecular weight excluding hydrogens is 445 g/mol. The number of anilines is 1. The topological polar surface area (TPSA) is 86.8 Å². The van der Waals surface area contributed by atoms with E-state index < -0.39 is 34.3 Å². The standard InChI is InChI=1S/C24H32FN3O4S/c1-5-15-26-24(30)18(3)27(16-20-7-11-21(25)12-8-20)23(29)17-28(33(4,31)32)22-13-9-19(6-2)10-14-22/h7-14,18H,5-6,15-17H2,1-4H3,(H,26,30)/t18-/m0/s1. The summed E-state index contributed by atoms with van der Waals surface area (Å²) in [4.78, 5) is 27.3. The Hall–Kier alpha value is -2.94. The zero-order valence-electron chi connectivity index (χ0n) is 19.5. The predicted octanol–water partition coefficient (Wildman–Crippen LogP) is 3.10. The molecule has 2 rings (SSSR count). The Labute approximate surface area is 195 Å². The molecule has 0 spiro atoms. The second-order valence-corrected chi connectivity index (χ2v) is 9.81. The van der Waals surface area contributed by atoms with Crippen molar-refractivity contribution >= 4 is 27.5 Å². The molecule has 0 saturated heterocycles. The number of nitrogens with zero attached hydrogens (tertiary/aromatic N) is 2. The third-order valence-electron chi connectivity index (χ3n) is 5.29. The number of nitrogens with one attached hydrogen (secondary N) is 1. The van der Waals surface area contributed by atoms with E-state index in [0.29, 0.717) is 17.8 Å². The molecule has 0 aliphatic heterocycles. The van der Waals surface area contributed by atoms with Gasteiger partial charge in [0.15, 0.2) is 0 Å². The number of carbonyl (C=O) groups is 2. The number of sulfonamides is 1. The number of halogens is 1. The van der Waals surface area contributed by atoms with Gasteiger partial charge in [-0.3, -0.25) is 13.9 Å². The summed E-state index contributed by atoms with van der Waals surface area (Å²) in [6, 6.07) is 11.7. The van der Waals surface area contributed by atoms with Gasteiger partial charge in [-0.05, 0) is 55.2 Å². The van der Waals surface area contributed by atoms with Crippen LogP contribution in [0.1, 0.15) is 38.3 Å². The lowest BCUT2D eigenvalue weighted by molar-refractivity contribution is -0.139. The van der Waals surface area contributed by atoms with Crippen molar-refractivity contribution in [1.29, 1.82) is 0 Å². The smallest absolute Gasteiger partial charge is 0.244 e. The molecule has 1 atom stereocenters. The first-order chi connectivity index (χ1) is 15.6. The zero-order chi connectivity index (χ0) is 24.6. The maximum atomic E-state index is 13.4. The van der Waals surface area contributed by atoms with E-state index in [-0.39, 0.29) is 12.5 Å². The van der Waals surface area contributed by atoms with Crippen molar-refractivity contribution in [3.63, 3.8) is 0 Å². The first-order valence-corrected chi connectivity index (χ1v) is 12.8. The maximum Gasteiger partial charge on any atom is 0.244 e. The Morgan fingerprint density at radius 1 is 1.00 bits per heavy atom. The molecule has 0 aromatic heterocycles. The minimum atomic E-state index is -3.77. The number of aryl methyl sites for hydroxylation is 1. The van der Waals surface area contributed by atoms with Gasteiger partial charge in [-0.1, -0.05) is 38.1 Å². The molecule has 2 amide bonds. The quantitative estimate of drug-likeness (QED) is 0.539. The molecule has 0 heterocycles. The van der Waals surface area contributed by atoms with Crippen LogP contribution in [-0.2, 0) is 32.6 Å². The molecule has 9 heteroatoms. The van der Waals surface area contributed by atoms with Crippen molar-refractivity contribution in [3.05, 3.63) is 65.5 Å². The Bertz CT molecular complexity index is 1040. The fraction of sp³-hybridized carbons (Fsp3) is 0.417. The summed E-state index contributed by atoms with van der Waals surface area (Å²) in [6.07, 6.45) is 2.57. The Kier molecular flexibility index (Phi) is 9.40. The van der Waals surface area contributed by atoms with E-state index in [2.05, 4.69) is 5.32 Å². The van der Waals surface area contributed by atoms with Crippen LogP contribution >= 0.6 is 0 Å². The molecule has 0 saturated carbocycles. The van der Waals surface area contributed by atoms with E-state index in [1.54, 1.807) is 19.1 Å². The summed E-state index contributed by atoms with van der Waals surface area (Å²) in [6.45, 7) is 5.53. The molecule has 0 aliphatic rings. The lowest BCUT2D eigenvalue weighted by Gasteiger charge is -2.31. The highest BCUT2D eigenvalue weighted by Crippen LogP contribution is 2.20. The summed E-state index contributed by atoms with van der Waals surface area (Å²) in [7, 11) is -3.77. The Morgan fingerprint density at radius 3 is 2.09 bits per heavy atom. The number of benzene rings is 2. The molecule has 1 N–H and O–H groups in total. The van der Waals surface area contributed by atoms with E-state index in [1.807, 2.05) is 26.0 Å². The largest absolute Gasteiger partial charge is 0.354 e. The third-order valence-corrected chi connectivity index (χ3v) is 6.44. The highest BCUT2D eigenvalue weighted by Gasteiger charge is 2.30. The van der Waals surface area contributed by atoms with Gasteiger partial charge in [0, 0.05) is 13.1 Å². The second-order valence-electron chi connectivity index (χ2n) is 7.90. The fourth-order valence-electron chi connectivity index (χ4n) is 3.28. The minimum Gasteiger partial charge on any atom is -0.354 e. The summed E-state index contributed by atoms with van der Waals surface area (Å²) < 4.78 is 39.4. The molecular formula is C24H32FN3O4S. The van der Waals surface area contributed by atoms with Crippen molar-refractivity contribution in [2.24, 2.45) is 0 Å². The lowest BCUT2D eigenvalue weighted by Crippen LogP contribution is -2.51. The van der Waals surface area contributed by atoms with Gasteiger partial charge in [0.25, 0.3) is 0 Å². The van der Waals surface area contributed by atoms with E-state index in [1.165, 1.54) is 29.2 Å². The average molecular weight is 478 g/mol. The normalized spacial score (nSPS) is 12.2. The SMILES string of the molecule is CCCNC(=O)[C@H](C)N(Cc1ccc(F)cc1)C(=O)CN(c1ccc(CC)cc1)S(C)(=O)=O. The molecule has 33 heavy (non-hydrogen) atoms. The minimum absolute atomic E-state index is 0.0339. The van der Waals surface area contributed by atoms with Gasteiger partial charge in [0.2, 0.25) is 21.8 Å². The van der Waals surface area contributed by atoms with Gasteiger partial charge in [-0.15, -0.1) is 0 Å². The van der Waals surface area contributed by atoms with E-state index in [4.69, 9.17) is 0 Å². The van der Waals surface area contributed by atoms with E-state index in [0.717, 1.165) is 29.0 Å². The Balaban J connectivity index is 2.34. The maximum absolute atomic E-state index is 13.4. The van der Waals surface area contributed by atoms with Crippen LogP contribution in [0.25, 0.3) is 0 Å². The van der Waals surface area contributed by atoms with E-state index in [9.17, 15) is 22.4 Å². The first-order valence-electron chi connectivity index (χ1n) is 10.9. The molecule has 7 nitrogen and oxygen atoms in total. The molecule has 2 aromatic carbocycles. The van der Waals surface area contributed by atoms with Crippen molar-refractivity contribution in [2.45, 2.75) is 46.2 Å². The van der Waals surface area contributed by atoms with Crippen LogP contribution in [0.15, 0.2) is 48.5 Å². The fourth-order valence-corrected chi connectivity index (χ4v) is 4.13. The van der Waals surface area contributed by atoms with Gasteiger partial charge >= 0.3 is 0 Å². The van der Waals surface area contributed by atoms with Gasteiger partial charge in [-0.25, -0.2) is 12.8 Å². The van der Waals surface area contributed by atoms with Crippen molar-refractivity contribution < 1.29 is 22.4 Å². The van der Waals surface area contributed by atoms with Gasteiger partial charge < -0.3 is 10.2 Å². The average Bonchev–Trinajstić information content (AvgIpc) is 2.79. The van der Waals surface area contributed by atoms with Crippen LogP contribution in [0, 0.1) is 5.82 Å². The third kappa shape index (κ3) is 7.56. The van der Waals surface area contributed by atoms with Crippen LogP contribution in [0.2, 0.25) is 0 Å². The van der Waals surface area contributed by atoms with Gasteiger partial charge in [-0.2, -0.15) is 0 Å². The first kappa shape index (κ1) is 26.3. The molecule has 0 unspecified atom stereocenters. The van der Waals surface area contributed by atoms with Crippen LogP contribution in [0.5, 0.6) is 0 Å². The second kappa shape index (κ2) is 11.8. The number of hydrogen-bond acceptors (Lipinski definition) is 4. The molecule has 0 fully saturated rings. The Morgan fingerprint density at radius 2 is 1.58 bits per heavy atom. The highest BCUT2D eigenvalue weighted by atomic mass is 32.2. The van der Waals surface area contributed by atoms with Crippen LogP contribution in [0.4, 0.5) is 10.1 Å². The molecule has 2 aromatic rings. The summed E-state index contributed by atoms with van der Waals surface area (Å²) >= 11 is 0. The molecule has 0 radical (unpaired) electrons. The molecule has 180 valence electrons. The van der Waals surface area contributed by atoms with Crippen LogP contribution in [-0.4, -0.2) is 50.5 Å². The number of rotatable bonds is 11. The van der Waals surface area contributed by atoms with Crippen molar-refractivity contribution in [1.82, 2.24) is 10.2 Å². The monoisotopic (exact) mass is 477 g/mol. The summed E-state index contributed by atoms with van der Waals surface area (Å²) in [5, 5.41) is 2.77. The van der Waals surface area contributed by atoms with Gasteiger partial charge in [0.1, 0.15) is 18.4 Å². The van der Waals surface area contributed by atoms with Crippen molar-refractivity contribution in [3.8, 4) is 0 Å². The van der Waals surface area contributed by atoms with Gasteiger partial charge in [0.05, 0.1) is 11.9 Å². The van der Waals surface area contributed by atoms with Crippen LogP contribution in [0.3, 0.4) is 0 Å². The molecule has 0 aliphatic carbocycles. The number of hydrogen-bond donors (Lipinski definition) is 1. The lowest BCUT2D eigenvalue weighted by atomic mass is 10.1. The van der Waals surface area contributed by atoms with Crippen molar-refractivity contribution in [2.75, 3.05) is 23.7 Å². The number of amides is 2. The summed E-state index contributed by atoms with van der Waals surface area (Å²) in [5.41, 5.74) is 2.03. The van der Waals surface area contributed by atoms with Crippen LogP contribution < -0.4 is 9.62 Å². The molecule has 0 bridgehead atoms. The number of carbonyl (C=O) groups excluding carboxylic acids is 2.